The van der Waals surface area contributed by atoms with Gasteiger partial charge in [-0.05, 0) is 77.9 Å². The molecule has 0 fully saturated rings. The van der Waals surface area contributed by atoms with Crippen molar-refractivity contribution < 1.29 is 35.9 Å². The SMILES string of the molecule is Nc1ccc(C(=O)Nc2ccc(-c3ccc(NC(=O)c4ccc(N)cc4)c(C(F)(F)F)c3C(F)(F)F)cc2)cc1. The van der Waals surface area contributed by atoms with Crippen molar-refractivity contribution in [3.63, 3.8) is 0 Å². The number of amides is 2. The minimum absolute atomic E-state index is 0.100. The fourth-order valence-corrected chi connectivity index (χ4v) is 3.94. The summed E-state index contributed by atoms with van der Waals surface area (Å²) in [4.78, 5) is 24.9. The van der Waals surface area contributed by atoms with Gasteiger partial charge >= 0.3 is 12.4 Å². The Balaban J connectivity index is 1.71. The zero-order valence-electron chi connectivity index (χ0n) is 20.3. The third-order valence-electron chi connectivity index (χ3n) is 5.82. The van der Waals surface area contributed by atoms with Gasteiger partial charge in [-0.1, -0.05) is 18.2 Å². The van der Waals surface area contributed by atoms with E-state index in [0.29, 0.717) is 5.69 Å². The number of hydrogen-bond acceptors (Lipinski definition) is 4. The Bertz CT molecular complexity index is 1550. The van der Waals surface area contributed by atoms with Crippen LogP contribution in [0.3, 0.4) is 0 Å². The zero-order chi connectivity index (χ0) is 29.2. The first-order valence-electron chi connectivity index (χ1n) is 11.5. The highest BCUT2D eigenvalue weighted by Crippen LogP contribution is 2.48. The summed E-state index contributed by atoms with van der Waals surface area (Å²) in [7, 11) is 0. The minimum atomic E-state index is -5.47. The molecule has 4 aromatic rings. The number of anilines is 4. The van der Waals surface area contributed by atoms with Crippen LogP contribution < -0.4 is 22.1 Å². The van der Waals surface area contributed by atoms with E-state index in [1.807, 2.05) is 5.32 Å². The fourth-order valence-electron chi connectivity index (χ4n) is 3.94. The molecular formula is C28H20F6N4O2. The average molecular weight is 558 g/mol. The molecule has 0 aromatic heterocycles. The van der Waals surface area contributed by atoms with Crippen molar-refractivity contribution >= 4 is 34.6 Å². The van der Waals surface area contributed by atoms with Crippen molar-refractivity contribution in [1.82, 2.24) is 0 Å². The topological polar surface area (TPSA) is 110 Å². The average Bonchev–Trinajstić information content (AvgIpc) is 2.88. The number of nitrogens with two attached hydrogens (primary N) is 2. The van der Waals surface area contributed by atoms with E-state index < -0.39 is 46.5 Å². The van der Waals surface area contributed by atoms with Crippen LogP contribution in [0.5, 0.6) is 0 Å². The number of hydrogen-bond donors (Lipinski definition) is 4. The molecule has 0 aliphatic heterocycles. The summed E-state index contributed by atoms with van der Waals surface area (Å²) in [5, 5.41) is 4.49. The summed E-state index contributed by atoms with van der Waals surface area (Å²) in [6, 6.07) is 17.5. The molecule has 0 radical (unpaired) electrons. The Morgan fingerprint density at radius 2 is 1.00 bits per heavy atom. The molecule has 12 heteroatoms. The van der Waals surface area contributed by atoms with Gasteiger partial charge in [-0.3, -0.25) is 9.59 Å². The second-order valence-corrected chi connectivity index (χ2v) is 8.64. The van der Waals surface area contributed by atoms with Gasteiger partial charge in [0.2, 0.25) is 0 Å². The molecule has 6 N–H and O–H groups in total. The van der Waals surface area contributed by atoms with E-state index in [9.17, 15) is 35.9 Å². The van der Waals surface area contributed by atoms with Gasteiger partial charge in [0.25, 0.3) is 11.8 Å². The maximum Gasteiger partial charge on any atom is 0.419 e. The van der Waals surface area contributed by atoms with Gasteiger partial charge in [-0.2, -0.15) is 26.3 Å². The summed E-state index contributed by atoms with van der Waals surface area (Å²) in [5.41, 5.74) is 6.19. The van der Waals surface area contributed by atoms with Crippen LogP contribution in [-0.4, -0.2) is 11.8 Å². The first-order valence-corrected chi connectivity index (χ1v) is 11.5. The molecule has 0 aliphatic rings. The van der Waals surface area contributed by atoms with Crippen LogP contribution in [0.1, 0.15) is 31.8 Å². The molecule has 0 saturated heterocycles. The van der Waals surface area contributed by atoms with Crippen LogP contribution in [0.2, 0.25) is 0 Å². The predicted octanol–water partition coefficient (Wildman–Crippen LogP) is 7.06. The molecule has 0 heterocycles. The fraction of sp³-hybridized carbons (Fsp3) is 0.0714. The molecule has 0 atom stereocenters. The molecular weight excluding hydrogens is 538 g/mol. The molecule has 4 rings (SSSR count). The highest BCUT2D eigenvalue weighted by atomic mass is 19.4. The summed E-state index contributed by atoms with van der Waals surface area (Å²) >= 11 is 0. The van der Waals surface area contributed by atoms with Crippen LogP contribution in [0.25, 0.3) is 11.1 Å². The molecule has 0 bridgehead atoms. The van der Waals surface area contributed by atoms with E-state index in [4.69, 9.17) is 11.5 Å². The highest BCUT2D eigenvalue weighted by molar-refractivity contribution is 6.05. The third-order valence-corrected chi connectivity index (χ3v) is 5.82. The first kappa shape index (κ1) is 28.0. The standard InChI is InChI=1S/C28H20F6N4O2/c29-27(30,31)23-21(15-5-11-20(12-6-15)37-25(39)16-1-7-18(35)8-2-16)13-14-22(24(23)28(32,33)34)38-26(40)17-3-9-19(36)10-4-17/h1-14H,35-36H2,(H,37,39)(H,38,40). The summed E-state index contributed by atoms with van der Waals surface area (Å²) in [6.07, 6.45) is -10.9. The number of halogens is 6. The van der Waals surface area contributed by atoms with E-state index in [2.05, 4.69) is 5.32 Å². The van der Waals surface area contributed by atoms with Crippen molar-refractivity contribution in [2.45, 2.75) is 12.4 Å². The van der Waals surface area contributed by atoms with Gasteiger partial charge in [-0.25, -0.2) is 0 Å². The van der Waals surface area contributed by atoms with Gasteiger partial charge in [0.1, 0.15) is 0 Å². The van der Waals surface area contributed by atoms with Crippen molar-refractivity contribution in [3.05, 3.63) is 107 Å². The predicted molar refractivity (Wildman–Crippen MR) is 139 cm³/mol. The lowest BCUT2D eigenvalue weighted by Crippen LogP contribution is -2.22. The summed E-state index contributed by atoms with van der Waals surface area (Å²) in [6.45, 7) is 0. The van der Waals surface area contributed by atoms with Crippen molar-refractivity contribution in [2.75, 3.05) is 22.1 Å². The lowest BCUT2D eigenvalue weighted by atomic mass is 9.92. The Labute approximate surface area is 223 Å². The van der Waals surface area contributed by atoms with E-state index in [1.54, 1.807) is 0 Å². The van der Waals surface area contributed by atoms with Crippen LogP contribution >= 0.6 is 0 Å². The van der Waals surface area contributed by atoms with E-state index >= 15 is 0 Å². The largest absolute Gasteiger partial charge is 0.419 e. The number of rotatable bonds is 5. The van der Waals surface area contributed by atoms with Gasteiger partial charge in [0.05, 0.1) is 16.8 Å². The Kier molecular flexibility index (Phi) is 7.45. The molecule has 40 heavy (non-hydrogen) atoms. The molecule has 0 spiro atoms. The molecule has 0 unspecified atom stereocenters. The van der Waals surface area contributed by atoms with Gasteiger partial charge < -0.3 is 22.1 Å². The lowest BCUT2D eigenvalue weighted by Gasteiger charge is -2.23. The quantitative estimate of drug-likeness (QED) is 0.155. The third kappa shape index (κ3) is 6.17. The number of carbonyl (C=O) groups excluding carboxylic acids is 2. The number of nitrogens with one attached hydrogen (secondary N) is 2. The van der Waals surface area contributed by atoms with Crippen molar-refractivity contribution in [1.29, 1.82) is 0 Å². The van der Waals surface area contributed by atoms with Crippen LogP contribution in [0.4, 0.5) is 49.1 Å². The van der Waals surface area contributed by atoms with Crippen LogP contribution in [0.15, 0.2) is 84.9 Å². The van der Waals surface area contributed by atoms with E-state index in [0.717, 1.165) is 24.3 Å². The highest BCUT2D eigenvalue weighted by Gasteiger charge is 2.47. The number of carbonyl (C=O) groups is 2. The molecule has 0 saturated carbocycles. The van der Waals surface area contributed by atoms with Gasteiger partial charge in [-0.15, -0.1) is 0 Å². The first-order chi connectivity index (χ1) is 18.7. The molecule has 206 valence electrons. The molecule has 2 amide bonds. The van der Waals surface area contributed by atoms with E-state index in [1.165, 1.54) is 60.7 Å². The Morgan fingerprint density at radius 3 is 1.45 bits per heavy atom. The monoisotopic (exact) mass is 558 g/mol. The number of alkyl halides is 6. The van der Waals surface area contributed by atoms with Crippen LogP contribution in [-0.2, 0) is 12.4 Å². The smallest absolute Gasteiger partial charge is 0.399 e. The number of nitrogen functional groups attached to an aromatic ring is 2. The maximum atomic E-state index is 14.2. The number of benzene rings is 4. The minimum Gasteiger partial charge on any atom is -0.399 e. The van der Waals surface area contributed by atoms with E-state index in [-0.39, 0.29) is 28.1 Å². The van der Waals surface area contributed by atoms with Crippen molar-refractivity contribution in [2.24, 2.45) is 0 Å². The normalized spacial score (nSPS) is 11.7. The van der Waals surface area contributed by atoms with Crippen LogP contribution in [0, 0.1) is 0 Å². The molecule has 6 nitrogen and oxygen atoms in total. The summed E-state index contributed by atoms with van der Waals surface area (Å²) < 4.78 is 84.9. The van der Waals surface area contributed by atoms with Gasteiger partial charge in [0.15, 0.2) is 0 Å². The lowest BCUT2D eigenvalue weighted by molar-refractivity contribution is -0.161. The maximum absolute atomic E-state index is 14.2. The second kappa shape index (κ2) is 10.6. The Hall–Kier alpha value is -5.00. The van der Waals surface area contributed by atoms with Gasteiger partial charge in [0, 0.05) is 28.2 Å². The second-order valence-electron chi connectivity index (χ2n) is 8.64. The molecule has 0 aliphatic carbocycles. The zero-order valence-corrected chi connectivity index (χ0v) is 20.3. The Morgan fingerprint density at radius 1 is 0.550 bits per heavy atom. The van der Waals surface area contributed by atoms with Crippen molar-refractivity contribution in [3.8, 4) is 11.1 Å². The summed E-state index contributed by atoms with van der Waals surface area (Å²) in [5.74, 6) is -1.57. The molecule has 4 aromatic carbocycles.